The molecule has 0 radical (unpaired) electrons. The highest BCUT2D eigenvalue weighted by Gasteiger charge is 2.13. The van der Waals surface area contributed by atoms with E-state index < -0.39 is 0 Å². The van der Waals surface area contributed by atoms with Crippen molar-refractivity contribution in [1.29, 1.82) is 0 Å². The van der Waals surface area contributed by atoms with Gasteiger partial charge < -0.3 is 4.74 Å². The number of hydrogen-bond donors (Lipinski definition) is 0. The lowest BCUT2D eigenvalue weighted by Gasteiger charge is -2.09. The fourth-order valence-electron chi connectivity index (χ4n) is 2.18. The van der Waals surface area contributed by atoms with Gasteiger partial charge >= 0.3 is 5.97 Å². The Bertz CT molecular complexity index is 848. The molecule has 1 aromatic heterocycles. The minimum atomic E-state index is -0.379. The van der Waals surface area contributed by atoms with E-state index in [9.17, 15) is 4.79 Å². The molecule has 4 heteroatoms. The lowest BCUT2D eigenvalue weighted by atomic mass is 10.1. The molecule has 3 aromatic rings. The minimum absolute atomic E-state index is 0.379. The molecule has 0 N–H and O–H groups in total. The number of rotatable bonds is 4. The Balaban J connectivity index is 1.95. The molecule has 0 unspecified atom stereocenters. The number of aryl methyl sites for hydroxylation is 2. The first-order valence-electron chi connectivity index (χ1n) is 7.62. The summed E-state index contributed by atoms with van der Waals surface area (Å²) in [6.45, 7) is 4.00. The number of ether oxygens (including phenoxy) is 1. The standard InChI is InChI=1S/C20H17NO2S/c1-14-15(2)24-19(21-14)13-18(16-9-5-3-6-10-16)23-20(22)17-11-7-4-8-12-17/h3-13H,1-2H3/b18-13-. The summed E-state index contributed by atoms with van der Waals surface area (Å²) >= 11 is 1.58. The van der Waals surface area contributed by atoms with Crippen LogP contribution in [0.4, 0.5) is 0 Å². The van der Waals surface area contributed by atoms with Crippen molar-refractivity contribution in [1.82, 2.24) is 4.98 Å². The van der Waals surface area contributed by atoms with Crippen LogP contribution in [0.25, 0.3) is 11.8 Å². The number of hydrogen-bond acceptors (Lipinski definition) is 4. The summed E-state index contributed by atoms with van der Waals surface area (Å²) in [6, 6.07) is 18.6. The summed E-state index contributed by atoms with van der Waals surface area (Å²) in [4.78, 5) is 18.1. The van der Waals surface area contributed by atoms with Crippen molar-refractivity contribution < 1.29 is 9.53 Å². The van der Waals surface area contributed by atoms with Gasteiger partial charge in [-0.1, -0.05) is 48.5 Å². The number of carbonyl (C=O) groups is 1. The highest BCUT2D eigenvalue weighted by Crippen LogP contribution is 2.25. The number of aromatic nitrogens is 1. The van der Waals surface area contributed by atoms with E-state index in [0.29, 0.717) is 11.3 Å². The Morgan fingerprint density at radius 1 is 0.958 bits per heavy atom. The largest absolute Gasteiger partial charge is 0.422 e. The van der Waals surface area contributed by atoms with Crippen LogP contribution >= 0.6 is 11.3 Å². The average molecular weight is 335 g/mol. The second-order valence-corrected chi connectivity index (χ2v) is 6.56. The molecule has 0 aliphatic carbocycles. The van der Waals surface area contributed by atoms with Crippen molar-refractivity contribution in [2.24, 2.45) is 0 Å². The van der Waals surface area contributed by atoms with Gasteiger partial charge in [-0.3, -0.25) is 0 Å². The molecule has 0 atom stereocenters. The van der Waals surface area contributed by atoms with Crippen LogP contribution in [-0.2, 0) is 4.74 Å². The van der Waals surface area contributed by atoms with Crippen LogP contribution < -0.4 is 0 Å². The smallest absolute Gasteiger partial charge is 0.343 e. The molecule has 0 saturated heterocycles. The van der Waals surface area contributed by atoms with Crippen molar-refractivity contribution in [2.45, 2.75) is 13.8 Å². The van der Waals surface area contributed by atoms with Gasteiger partial charge in [-0.2, -0.15) is 0 Å². The summed E-state index contributed by atoms with van der Waals surface area (Å²) in [5, 5.41) is 0.824. The number of nitrogens with zero attached hydrogens (tertiary/aromatic N) is 1. The zero-order valence-electron chi connectivity index (χ0n) is 13.5. The van der Waals surface area contributed by atoms with E-state index in [0.717, 1.165) is 21.1 Å². The molecule has 0 bridgehead atoms. The van der Waals surface area contributed by atoms with E-state index in [4.69, 9.17) is 4.74 Å². The first-order chi connectivity index (χ1) is 11.6. The Labute approximate surface area is 145 Å². The molecular formula is C20H17NO2S. The van der Waals surface area contributed by atoms with E-state index in [1.165, 1.54) is 0 Å². The highest BCUT2D eigenvalue weighted by atomic mass is 32.1. The fraction of sp³-hybridized carbons (Fsp3) is 0.100. The van der Waals surface area contributed by atoms with Gasteiger partial charge in [0.1, 0.15) is 10.8 Å². The molecule has 0 amide bonds. The highest BCUT2D eigenvalue weighted by molar-refractivity contribution is 7.12. The van der Waals surface area contributed by atoms with Crippen molar-refractivity contribution in [2.75, 3.05) is 0 Å². The van der Waals surface area contributed by atoms with E-state index in [-0.39, 0.29) is 5.97 Å². The van der Waals surface area contributed by atoms with Crippen molar-refractivity contribution >= 4 is 29.1 Å². The lowest BCUT2D eigenvalue weighted by Crippen LogP contribution is -2.04. The van der Waals surface area contributed by atoms with E-state index in [1.54, 1.807) is 23.5 Å². The zero-order chi connectivity index (χ0) is 16.9. The van der Waals surface area contributed by atoms with Gasteiger partial charge in [-0.05, 0) is 26.0 Å². The monoisotopic (exact) mass is 335 g/mol. The SMILES string of the molecule is Cc1nc(/C=C(\OC(=O)c2ccccc2)c2ccccc2)sc1C. The Morgan fingerprint density at radius 3 is 2.08 bits per heavy atom. The molecule has 3 rings (SSSR count). The van der Waals surface area contributed by atoms with Crippen LogP contribution in [0.2, 0.25) is 0 Å². The third kappa shape index (κ3) is 3.78. The molecule has 120 valence electrons. The summed E-state index contributed by atoms with van der Waals surface area (Å²) in [6.07, 6.45) is 1.82. The first kappa shape index (κ1) is 16.1. The van der Waals surface area contributed by atoms with Crippen LogP contribution in [0.5, 0.6) is 0 Å². The minimum Gasteiger partial charge on any atom is -0.422 e. The normalized spacial score (nSPS) is 11.3. The molecule has 0 fully saturated rings. The predicted molar refractivity (Wildman–Crippen MR) is 97.8 cm³/mol. The first-order valence-corrected chi connectivity index (χ1v) is 8.43. The molecule has 2 aromatic carbocycles. The number of esters is 1. The van der Waals surface area contributed by atoms with Gasteiger partial charge in [-0.15, -0.1) is 11.3 Å². The lowest BCUT2D eigenvalue weighted by molar-refractivity contribution is 0.0693. The number of carbonyl (C=O) groups excluding carboxylic acids is 1. The number of thiazole rings is 1. The predicted octanol–water partition coefficient (Wildman–Crippen LogP) is 5.12. The van der Waals surface area contributed by atoms with Crippen LogP contribution in [0.3, 0.4) is 0 Å². The maximum absolute atomic E-state index is 12.4. The van der Waals surface area contributed by atoms with E-state index in [2.05, 4.69) is 4.98 Å². The maximum atomic E-state index is 12.4. The molecule has 0 spiro atoms. The molecule has 1 heterocycles. The van der Waals surface area contributed by atoms with Gasteiger partial charge in [0.25, 0.3) is 0 Å². The van der Waals surface area contributed by atoms with Gasteiger partial charge in [0, 0.05) is 16.5 Å². The molecule has 0 aliphatic heterocycles. The van der Waals surface area contributed by atoms with Gasteiger partial charge in [0.15, 0.2) is 0 Å². The number of benzene rings is 2. The van der Waals surface area contributed by atoms with Gasteiger partial charge in [0.2, 0.25) is 0 Å². The van der Waals surface area contributed by atoms with Crippen molar-refractivity contribution in [3.8, 4) is 0 Å². The van der Waals surface area contributed by atoms with Crippen LogP contribution in [0.15, 0.2) is 60.7 Å². The second kappa shape index (κ2) is 7.23. The van der Waals surface area contributed by atoms with Gasteiger partial charge in [0.05, 0.1) is 11.3 Å². The van der Waals surface area contributed by atoms with Crippen molar-refractivity contribution in [3.63, 3.8) is 0 Å². The van der Waals surface area contributed by atoms with E-state index in [1.807, 2.05) is 68.5 Å². The summed E-state index contributed by atoms with van der Waals surface area (Å²) in [5.74, 6) is 0.119. The zero-order valence-corrected chi connectivity index (χ0v) is 14.3. The third-order valence-electron chi connectivity index (χ3n) is 3.57. The van der Waals surface area contributed by atoms with Crippen LogP contribution in [-0.4, -0.2) is 11.0 Å². The molecular weight excluding hydrogens is 318 g/mol. The summed E-state index contributed by atoms with van der Waals surface area (Å²) in [5.41, 5.74) is 2.35. The molecule has 3 nitrogen and oxygen atoms in total. The topological polar surface area (TPSA) is 39.2 Å². The Hall–Kier alpha value is -2.72. The Morgan fingerprint density at radius 2 is 1.54 bits per heavy atom. The molecule has 0 saturated carbocycles. The molecule has 0 aliphatic rings. The summed E-state index contributed by atoms with van der Waals surface area (Å²) < 4.78 is 5.66. The van der Waals surface area contributed by atoms with Crippen molar-refractivity contribution in [3.05, 3.63) is 87.4 Å². The quantitative estimate of drug-likeness (QED) is 0.491. The van der Waals surface area contributed by atoms with Gasteiger partial charge in [-0.25, -0.2) is 9.78 Å². The second-order valence-electron chi connectivity index (χ2n) is 5.32. The average Bonchev–Trinajstić information content (AvgIpc) is 2.93. The fourth-order valence-corrected chi connectivity index (χ4v) is 3.03. The van der Waals surface area contributed by atoms with Crippen LogP contribution in [0, 0.1) is 13.8 Å². The van der Waals surface area contributed by atoms with Crippen LogP contribution in [0.1, 0.15) is 31.5 Å². The van der Waals surface area contributed by atoms with E-state index >= 15 is 0 Å². The summed E-state index contributed by atoms with van der Waals surface area (Å²) in [7, 11) is 0. The Kier molecular flexibility index (Phi) is 4.87. The third-order valence-corrected chi connectivity index (χ3v) is 4.59. The molecule has 24 heavy (non-hydrogen) atoms. The maximum Gasteiger partial charge on any atom is 0.343 e.